The SMILES string of the molecule is COc1ccc(CCC(=O)Nc2cnc(-n3nc(C)c(C)c3C)nc2)cc1. The first-order valence-electron chi connectivity index (χ1n) is 8.76. The molecule has 2 aromatic heterocycles. The van der Waals surface area contributed by atoms with E-state index in [1.165, 1.54) is 0 Å². The topological polar surface area (TPSA) is 81.9 Å². The van der Waals surface area contributed by atoms with Crippen molar-refractivity contribution in [3.05, 3.63) is 59.2 Å². The van der Waals surface area contributed by atoms with Gasteiger partial charge in [-0.3, -0.25) is 4.79 Å². The standard InChI is InChI=1S/C20H23N5O2/c1-13-14(2)24-25(15(13)3)20-21-11-17(12-22-20)23-19(26)10-7-16-5-8-18(27-4)9-6-16/h5-6,8-9,11-12H,7,10H2,1-4H3,(H,23,26). The minimum absolute atomic E-state index is 0.0795. The lowest BCUT2D eigenvalue weighted by Crippen LogP contribution is -2.13. The number of anilines is 1. The maximum Gasteiger partial charge on any atom is 0.250 e. The van der Waals surface area contributed by atoms with Crippen LogP contribution in [0, 0.1) is 20.8 Å². The van der Waals surface area contributed by atoms with E-state index in [1.807, 2.05) is 45.0 Å². The van der Waals surface area contributed by atoms with Crippen LogP contribution in [0.15, 0.2) is 36.7 Å². The van der Waals surface area contributed by atoms with Crippen molar-refractivity contribution in [1.29, 1.82) is 0 Å². The van der Waals surface area contributed by atoms with Crippen molar-refractivity contribution < 1.29 is 9.53 Å². The number of rotatable bonds is 6. The molecule has 0 aliphatic carbocycles. The van der Waals surface area contributed by atoms with Crippen molar-refractivity contribution >= 4 is 11.6 Å². The molecule has 0 unspecified atom stereocenters. The molecule has 0 bridgehead atoms. The molecule has 0 fully saturated rings. The second-order valence-electron chi connectivity index (χ2n) is 6.38. The number of benzene rings is 1. The van der Waals surface area contributed by atoms with Crippen molar-refractivity contribution in [2.45, 2.75) is 33.6 Å². The fraction of sp³-hybridized carbons (Fsp3) is 0.300. The summed E-state index contributed by atoms with van der Waals surface area (Å²) in [7, 11) is 1.63. The first-order valence-corrected chi connectivity index (χ1v) is 8.76. The Morgan fingerprint density at radius 3 is 2.33 bits per heavy atom. The molecular formula is C20H23N5O2. The van der Waals surface area contributed by atoms with Crippen molar-refractivity contribution in [2.75, 3.05) is 12.4 Å². The predicted molar refractivity (Wildman–Crippen MR) is 103 cm³/mol. The van der Waals surface area contributed by atoms with E-state index in [1.54, 1.807) is 24.2 Å². The number of carbonyl (C=O) groups is 1. The Morgan fingerprint density at radius 1 is 1.11 bits per heavy atom. The van der Waals surface area contributed by atoms with Crippen molar-refractivity contribution in [2.24, 2.45) is 0 Å². The zero-order valence-electron chi connectivity index (χ0n) is 16.0. The fourth-order valence-corrected chi connectivity index (χ4v) is 2.68. The molecule has 1 aromatic carbocycles. The molecule has 7 heteroatoms. The maximum atomic E-state index is 12.2. The second-order valence-corrected chi connectivity index (χ2v) is 6.38. The highest BCUT2D eigenvalue weighted by atomic mass is 16.5. The molecule has 0 spiro atoms. The van der Waals surface area contributed by atoms with Crippen LogP contribution in [0.3, 0.4) is 0 Å². The van der Waals surface area contributed by atoms with E-state index in [-0.39, 0.29) is 5.91 Å². The van der Waals surface area contributed by atoms with E-state index >= 15 is 0 Å². The number of carbonyl (C=O) groups excluding carboxylic acids is 1. The van der Waals surface area contributed by atoms with Gasteiger partial charge in [0.05, 0.1) is 30.9 Å². The van der Waals surface area contributed by atoms with E-state index in [4.69, 9.17) is 4.74 Å². The Balaban J connectivity index is 1.58. The van der Waals surface area contributed by atoms with Gasteiger partial charge in [-0.25, -0.2) is 14.6 Å². The summed E-state index contributed by atoms with van der Waals surface area (Å²) in [5, 5.41) is 7.27. The van der Waals surface area contributed by atoms with Gasteiger partial charge in [0.1, 0.15) is 5.75 Å². The Labute approximate surface area is 158 Å². The summed E-state index contributed by atoms with van der Waals surface area (Å²) >= 11 is 0. The molecular weight excluding hydrogens is 342 g/mol. The average molecular weight is 365 g/mol. The van der Waals surface area contributed by atoms with E-state index in [0.717, 1.165) is 28.3 Å². The lowest BCUT2D eigenvalue weighted by atomic mass is 10.1. The average Bonchev–Trinajstić information content (AvgIpc) is 2.95. The van der Waals surface area contributed by atoms with Crippen molar-refractivity contribution in [3.8, 4) is 11.7 Å². The zero-order chi connectivity index (χ0) is 19.4. The van der Waals surface area contributed by atoms with Crippen LogP contribution in [0.1, 0.15) is 28.9 Å². The highest BCUT2D eigenvalue weighted by Crippen LogP contribution is 2.15. The van der Waals surface area contributed by atoms with Gasteiger partial charge in [0.2, 0.25) is 5.91 Å². The molecule has 0 saturated heterocycles. The summed E-state index contributed by atoms with van der Waals surface area (Å²) < 4.78 is 6.84. The Kier molecular flexibility index (Phi) is 5.49. The van der Waals surface area contributed by atoms with Gasteiger partial charge >= 0.3 is 0 Å². The normalized spacial score (nSPS) is 10.7. The van der Waals surface area contributed by atoms with Crippen LogP contribution < -0.4 is 10.1 Å². The lowest BCUT2D eigenvalue weighted by molar-refractivity contribution is -0.116. The number of aromatic nitrogens is 4. The van der Waals surface area contributed by atoms with Gasteiger partial charge in [-0.1, -0.05) is 12.1 Å². The first kappa shape index (κ1) is 18.6. The third-order valence-electron chi connectivity index (χ3n) is 4.56. The van der Waals surface area contributed by atoms with Gasteiger partial charge in [0.25, 0.3) is 5.95 Å². The summed E-state index contributed by atoms with van der Waals surface area (Å²) in [6.07, 6.45) is 4.23. The number of ether oxygens (including phenoxy) is 1. The third kappa shape index (κ3) is 4.31. The summed E-state index contributed by atoms with van der Waals surface area (Å²) in [5.74, 6) is 1.21. The van der Waals surface area contributed by atoms with Gasteiger partial charge in [0.15, 0.2) is 0 Å². The minimum Gasteiger partial charge on any atom is -0.497 e. The van der Waals surface area contributed by atoms with Gasteiger partial charge < -0.3 is 10.1 Å². The van der Waals surface area contributed by atoms with E-state index in [2.05, 4.69) is 20.4 Å². The molecule has 0 atom stereocenters. The summed E-state index contributed by atoms with van der Waals surface area (Å²) in [6.45, 7) is 5.95. The Bertz CT molecular complexity index is 930. The molecule has 7 nitrogen and oxygen atoms in total. The Morgan fingerprint density at radius 2 is 1.78 bits per heavy atom. The van der Waals surface area contributed by atoms with Crippen molar-refractivity contribution in [1.82, 2.24) is 19.7 Å². The number of hydrogen-bond donors (Lipinski definition) is 1. The molecule has 0 aliphatic heterocycles. The van der Waals surface area contributed by atoms with Gasteiger partial charge in [-0.05, 0) is 50.5 Å². The smallest absolute Gasteiger partial charge is 0.250 e. The number of hydrogen-bond acceptors (Lipinski definition) is 5. The molecule has 0 saturated carbocycles. The van der Waals surface area contributed by atoms with E-state index in [0.29, 0.717) is 24.5 Å². The minimum atomic E-state index is -0.0795. The van der Waals surface area contributed by atoms with Gasteiger partial charge in [-0.15, -0.1) is 0 Å². The molecule has 1 amide bonds. The fourth-order valence-electron chi connectivity index (χ4n) is 2.68. The number of methoxy groups -OCH3 is 1. The van der Waals surface area contributed by atoms with Crippen LogP contribution in [-0.2, 0) is 11.2 Å². The molecule has 140 valence electrons. The van der Waals surface area contributed by atoms with Crippen LogP contribution in [0.25, 0.3) is 5.95 Å². The van der Waals surface area contributed by atoms with Crippen LogP contribution in [0.2, 0.25) is 0 Å². The number of aryl methyl sites for hydroxylation is 2. The first-order chi connectivity index (χ1) is 13.0. The molecule has 3 aromatic rings. The summed E-state index contributed by atoms with van der Waals surface area (Å²) in [4.78, 5) is 20.8. The predicted octanol–water partition coefficient (Wildman–Crippen LogP) is 3.17. The number of nitrogens with zero attached hydrogens (tertiary/aromatic N) is 4. The Hall–Kier alpha value is -3.22. The zero-order valence-corrected chi connectivity index (χ0v) is 16.0. The van der Waals surface area contributed by atoms with Crippen LogP contribution >= 0.6 is 0 Å². The van der Waals surface area contributed by atoms with Gasteiger partial charge in [-0.2, -0.15) is 5.10 Å². The lowest BCUT2D eigenvalue weighted by Gasteiger charge is -2.07. The molecule has 3 rings (SSSR count). The van der Waals surface area contributed by atoms with E-state index < -0.39 is 0 Å². The molecule has 1 N–H and O–H groups in total. The number of nitrogens with one attached hydrogen (secondary N) is 1. The maximum absolute atomic E-state index is 12.2. The molecule has 27 heavy (non-hydrogen) atoms. The highest BCUT2D eigenvalue weighted by molar-refractivity contribution is 5.90. The van der Waals surface area contributed by atoms with Crippen LogP contribution in [0.5, 0.6) is 5.75 Å². The summed E-state index contributed by atoms with van der Waals surface area (Å²) in [6, 6.07) is 7.70. The van der Waals surface area contributed by atoms with Crippen LogP contribution in [0.4, 0.5) is 5.69 Å². The van der Waals surface area contributed by atoms with Gasteiger partial charge in [0, 0.05) is 12.1 Å². The van der Waals surface area contributed by atoms with E-state index in [9.17, 15) is 4.79 Å². The third-order valence-corrected chi connectivity index (χ3v) is 4.56. The van der Waals surface area contributed by atoms with Crippen molar-refractivity contribution in [3.63, 3.8) is 0 Å². The molecule has 2 heterocycles. The quantitative estimate of drug-likeness (QED) is 0.725. The summed E-state index contributed by atoms with van der Waals surface area (Å²) in [5.41, 5.74) is 4.72. The second kappa shape index (κ2) is 7.99. The molecule has 0 radical (unpaired) electrons. The van der Waals surface area contributed by atoms with Crippen LogP contribution in [-0.4, -0.2) is 32.8 Å². The molecule has 0 aliphatic rings. The monoisotopic (exact) mass is 365 g/mol. The highest BCUT2D eigenvalue weighted by Gasteiger charge is 2.11. The number of amides is 1. The largest absolute Gasteiger partial charge is 0.497 e.